The Bertz CT molecular complexity index is 1100. The summed E-state index contributed by atoms with van der Waals surface area (Å²) < 4.78 is 10.4. The van der Waals surface area contributed by atoms with Crippen molar-refractivity contribution in [2.75, 3.05) is 19.1 Å². The number of amides is 2. The van der Waals surface area contributed by atoms with Gasteiger partial charge in [0.25, 0.3) is 11.8 Å². The van der Waals surface area contributed by atoms with Gasteiger partial charge in [-0.3, -0.25) is 9.59 Å². The van der Waals surface area contributed by atoms with Gasteiger partial charge in [-0.2, -0.15) is 0 Å². The summed E-state index contributed by atoms with van der Waals surface area (Å²) in [7, 11) is 3.33. The van der Waals surface area contributed by atoms with Crippen LogP contribution >= 0.6 is 11.8 Å². The van der Waals surface area contributed by atoms with Crippen molar-refractivity contribution < 1.29 is 18.7 Å². The molecule has 1 aliphatic heterocycles. The summed E-state index contributed by atoms with van der Waals surface area (Å²) in [5, 5.41) is 2.82. The molecule has 7 heteroatoms. The van der Waals surface area contributed by atoms with Gasteiger partial charge in [0, 0.05) is 17.5 Å². The minimum absolute atomic E-state index is 0.114. The first kappa shape index (κ1) is 19.8. The standard InChI is InChI=1S/C23H20N2O4S/c1-25-19-13-16(22(26)24-14-18-4-3-11-29-18)7-10-20(19)30-21(23(25)27)12-15-5-8-17(28-2)9-6-15/h3-13H,14H2,1-2H3,(H,24,26). The van der Waals surface area contributed by atoms with Crippen molar-refractivity contribution in [2.24, 2.45) is 0 Å². The van der Waals surface area contributed by atoms with Crippen molar-refractivity contribution in [3.63, 3.8) is 0 Å². The Morgan fingerprint density at radius 3 is 2.70 bits per heavy atom. The SMILES string of the molecule is COc1ccc(C=C2Sc3ccc(C(=O)NCc4ccco4)cc3N(C)C2=O)cc1. The summed E-state index contributed by atoms with van der Waals surface area (Å²) >= 11 is 1.40. The molecule has 1 aromatic heterocycles. The highest BCUT2D eigenvalue weighted by Gasteiger charge is 2.27. The molecule has 6 nitrogen and oxygen atoms in total. The van der Waals surface area contributed by atoms with Gasteiger partial charge in [-0.1, -0.05) is 23.9 Å². The molecule has 0 aliphatic carbocycles. The molecule has 2 heterocycles. The third-order valence-electron chi connectivity index (χ3n) is 4.73. The number of furan rings is 1. The van der Waals surface area contributed by atoms with Crippen molar-refractivity contribution >= 4 is 35.3 Å². The number of carbonyl (C=O) groups is 2. The van der Waals surface area contributed by atoms with Crippen LogP contribution in [0.25, 0.3) is 6.08 Å². The molecule has 3 aromatic rings. The van der Waals surface area contributed by atoms with E-state index >= 15 is 0 Å². The smallest absolute Gasteiger partial charge is 0.264 e. The molecule has 0 saturated heterocycles. The molecule has 0 atom stereocenters. The molecule has 0 fully saturated rings. The molecule has 152 valence electrons. The zero-order valence-electron chi connectivity index (χ0n) is 16.5. The molecule has 0 saturated carbocycles. The van der Waals surface area contributed by atoms with E-state index in [-0.39, 0.29) is 11.8 Å². The third kappa shape index (κ3) is 4.11. The van der Waals surface area contributed by atoms with E-state index in [4.69, 9.17) is 9.15 Å². The molecule has 0 spiro atoms. The molecule has 30 heavy (non-hydrogen) atoms. The lowest BCUT2D eigenvalue weighted by Gasteiger charge is -2.27. The van der Waals surface area contributed by atoms with E-state index in [1.807, 2.05) is 36.4 Å². The number of hydrogen-bond acceptors (Lipinski definition) is 5. The summed E-state index contributed by atoms with van der Waals surface area (Å²) in [5.74, 6) is 1.11. The Labute approximate surface area is 178 Å². The largest absolute Gasteiger partial charge is 0.497 e. The van der Waals surface area contributed by atoms with Crippen LogP contribution in [0.2, 0.25) is 0 Å². The summed E-state index contributed by atoms with van der Waals surface area (Å²) in [6.45, 7) is 0.307. The molecule has 4 rings (SSSR count). The Morgan fingerprint density at radius 2 is 2.00 bits per heavy atom. The van der Waals surface area contributed by atoms with Gasteiger partial charge in [0.15, 0.2) is 0 Å². The lowest BCUT2D eigenvalue weighted by Crippen LogP contribution is -2.31. The summed E-state index contributed by atoms with van der Waals surface area (Å²) in [5.41, 5.74) is 2.11. The van der Waals surface area contributed by atoms with Gasteiger partial charge in [0.05, 0.1) is 30.5 Å². The van der Waals surface area contributed by atoms with E-state index in [9.17, 15) is 9.59 Å². The highest BCUT2D eigenvalue weighted by Crippen LogP contribution is 2.42. The van der Waals surface area contributed by atoms with Crippen LogP contribution in [-0.2, 0) is 11.3 Å². The molecule has 2 aromatic carbocycles. The minimum atomic E-state index is -0.223. The third-order valence-corrected chi connectivity index (χ3v) is 5.81. The second-order valence-electron chi connectivity index (χ2n) is 6.69. The number of anilines is 1. The van der Waals surface area contributed by atoms with E-state index < -0.39 is 0 Å². The maximum atomic E-state index is 12.9. The fourth-order valence-corrected chi connectivity index (χ4v) is 4.16. The van der Waals surface area contributed by atoms with Crippen LogP contribution in [0.3, 0.4) is 0 Å². The molecular weight excluding hydrogens is 400 g/mol. The molecule has 1 N–H and O–H groups in total. The number of nitrogens with zero attached hydrogens (tertiary/aromatic N) is 1. The van der Waals surface area contributed by atoms with Crippen LogP contribution in [-0.4, -0.2) is 26.0 Å². The fourth-order valence-electron chi connectivity index (χ4n) is 3.07. The monoisotopic (exact) mass is 420 g/mol. The summed E-state index contributed by atoms with van der Waals surface area (Å²) in [4.78, 5) is 28.5. The maximum Gasteiger partial charge on any atom is 0.264 e. The lowest BCUT2D eigenvalue weighted by molar-refractivity contribution is -0.114. The van der Waals surface area contributed by atoms with Gasteiger partial charge in [-0.25, -0.2) is 0 Å². The Hall–Kier alpha value is -3.45. The van der Waals surface area contributed by atoms with Crippen LogP contribution in [0.4, 0.5) is 5.69 Å². The van der Waals surface area contributed by atoms with Gasteiger partial charge in [0.2, 0.25) is 0 Å². The normalized spacial score (nSPS) is 14.5. The first-order valence-electron chi connectivity index (χ1n) is 9.31. The number of likely N-dealkylation sites (N-methyl/N-ethyl adjacent to an activating group) is 1. The van der Waals surface area contributed by atoms with Crippen LogP contribution in [0, 0.1) is 0 Å². The summed E-state index contributed by atoms with van der Waals surface area (Å²) in [6.07, 6.45) is 3.42. The second-order valence-corrected chi connectivity index (χ2v) is 7.78. The Morgan fingerprint density at radius 1 is 1.20 bits per heavy atom. The van der Waals surface area contributed by atoms with Crippen molar-refractivity contribution in [2.45, 2.75) is 11.4 Å². The average molecular weight is 420 g/mol. The van der Waals surface area contributed by atoms with E-state index in [2.05, 4.69) is 5.32 Å². The van der Waals surface area contributed by atoms with Crippen LogP contribution < -0.4 is 15.0 Å². The zero-order chi connectivity index (χ0) is 21.1. The number of thioether (sulfide) groups is 1. The topological polar surface area (TPSA) is 71.8 Å². The van der Waals surface area contributed by atoms with Gasteiger partial charge in [0.1, 0.15) is 11.5 Å². The van der Waals surface area contributed by atoms with E-state index in [0.717, 1.165) is 16.2 Å². The van der Waals surface area contributed by atoms with Crippen LogP contribution in [0.1, 0.15) is 21.7 Å². The number of ether oxygens (including phenoxy) is 1. The maximum absolute atomic E-state index is 12.9. The van der Waals surface area contributed by atoms with Crippen molar-refractivity contribution in [3.8, 4) is 5.75 Å². The molecule has 1 aliphatic rings. The molecule has 0 radical (unpaired) electrons. The van der Waals surface area contributed by atoms with E-state index in [1.54, 1.807) is 49.6 Å². The molecular formula is C23H20N2O4S. The van der Waals surface area contributed by atoms with Gasteiger partial charge >= 0.3 is 0 Å². The second kappa shape index (κ2) is 8.51. The highest BCUT2D eigenvalue weighted by molar-refractivity contribution is 8.04. The number of hydrogen-bond donors (Lipinski definition) is 1. The number of rotatable bonds is 5. The number of nitrogens with one attached hydrogen (secondary N) is 1. The quantitative estimate of drug-likeness (QED) is 0.622. The zero-order valence-corrected chi connectivity index (χ0v) is 17.4. The average Bonchev–Trinajstić information content (AvgIpc) is 3.29. The van der Waals surface area contributed by atoms with E-state index in [1.165, 1.54) is 11.8 Å². The number of benzene rings is 2. The molecule has 0 bridgehead atoms. The van der Waals surface area contributed by atoms with E-state index in [0.29, 0.717) is 28.5 Å². The predicted molar refractivity (Wildman–Crippen MR) is 117 cm³/mol. The summed E-state index contributed by atoms with van der Waals surface area (Å²) in [6, 6.07) is 16.5. The first-order chi connectivity index (χ1) is 14.5. The van der Waals surface area contributed by atoms with Gasteiger partial charge < -0.3 is 19.4 Å². The Balaban J connectivity index is 1.54. The molecule has 2 amide bonds. The van der Waals surface area contributed by atoms with Gasteiger partial charge in [-0.15, -0.1) is 0 Å². The fraction of sp³-hybridized carbons (Fsp3) is 0.130. The molecule has 0 unspecified atom stereocenters. The lowest BCUT2D eigenvalue weighted by atomic mass is 10.1. The van der Waals surface area contributed by atoms with Crippen molar-refractivity contribution in [1.82, 2.24) is 5.32 Å². The van der Waals surface area contributed by atoms with Crippen LogP contribution in [0.5, 0.6) is 5.75 Å². The highest BCUT2D eigenvalue weighted by atomic mass is 32.2. The van der Waals surface area contributed by atoms with Crippen molar-refractivity contribution in [3.05, 3.63) is 82.7 Å². The number of carbonyl (C=O) groups excluding carboxylic acids is 2. The first-order valence-corrected chi connectivity index (χ1v) is 10.1. The number of methoxy groups -OCH3 is 1. The predicted octanol–water partition coefficient (Wildman–Crippen LogP) is 4.33. The van der Waals surface area contributed by atoms with Crippen molar-refractivity contribution in [1.29, 1.82) is 0 Å². The minimum Gasteiger partial charge on any atom is -0.497 e. The number of fused-ring (bicyclic) bond motifs is 1. The van der Waals surface area contributed by atoms with Crippen LogP contribution in [0.15, 0.2) is 75.1 Å². The van der Waals surface area contributed by atoms with Gasteiger partial charge in [-0.05, 0) is 54.1 Å². The Kier molecular flexibility index (Phi) is 5.63.